The number of nitrogens with zero attached hydrogens (tertiary/aromatic N) is 4. The third kappa shape index (κ3) is 1.92. The van der Waals surface area contributed by atoms with E-state index < -0.39 is 0 Å². The van der Waals surface area contributed by atoms with Gasteiger partial charge in [-0.15, -0.1) is 17.7 Å². The van der Waals surface area contributed by atoms with Crippen molar-refractivity contribution in [2.45, 2.75) is 37.9 Å². The molecule has 1 unspecified atom stereocenters. The van der Waals surface area contributed by atoms with Gasteiger partial charge in [-0.3, -0.25) is 0 Å². The molecule has 0 N–H and O–H groups in total. The Labute approximate surface area is 71.4 Å². The van der Waals surface area contributed by atoms with Crippen LogP contribution in [-0.2, 0) is 0 Å². The van der Waals surface area contributed by atoms with Gasteiger partial charge in [0, 0.05) is 0 Å². The van der Waals surface area contributed by atoms with Gasteiger partial charge in [-0.1, -0.05) is 13.3 Å². The Kier molecular flexibility index (Phi) is 2.87. The molecule has 1 atom stereocenters. The number of hydrogen-bond acceptors (Lipinski definition) is 4. The van der Waals surface area contributed by atoms with Gasteiger partial charge in [0.15, 0.2) is 0 Å². The van der Waals surface area contributed by atoms with Crippen LogP contribution in [0.4, 0.5) is 0 Å². The normalized spacial score (nSPS) is 13.4. The number of hydrogen-bond donors (Lipinski definition) is 1. The molecule has 62 valence electrons. The second-order valence-electron chi connectivity index (χ2n) is 2.56. The standard InChI is InChI=1S/C6H12N4S/c1-3-4-5(2)10-6(11)7-8-9-10/h5H,3-4H2,1-2H3,(H,7,9,11). The van der Waals surface area contributed by atoms with Crippen molar-refractivity contribution >= 4 is 12.6 Å². The molecule has 0 amide bonds. The monoisotopic (exact) mass is 172 g/mol. The molecule has 11 heavy (non-hydrogen) atoms. The summed E-state index contributed by atoms with van der Waals surface area (Å²) in [7, 11) is 0. The lowest BCUT2D eigenvalue weighted by Crippen LogP contribution is -2.07. The zero-order chi connectivity index (χ0) is 8.27. The first-order valence-corrected chi connectivity index (χ1v) is 4.17. The summed E-state index contributed by atoms with van der Waals surface area (Å²) >= 11 is 4.11. The number of aromatic nitrogens is 4. The molecule has 4 nitrogen and oxygen atoms in total. The average molecular weight is 172 g/mol. The second-order valence-corrected chi connectivity index (χ2v) is 2.96. The van der Waals surface area contributed by atoms with Crippen LogP contribution in [0.15, 0.2) is 5.16 Å². The number of thiol groups is 1. The van der Waals surface area contributed by atoms with E-state index >= 15 is 0 Å². The van der Waals surface area contributed by atoms with E-state index in [1.54, 1.807) is 4.68 Å². The van der Waals surface area contributed by atoms with Crippen LogP contribution in [0, 0.1) is 0 Å². The first-order valence-electron chi connectivity index (χ1n) is 3.72. The van der Waals surface area contributed by atoms with E-state index in [9.17, 15) is 0 Å². The summed E-state index contributed by atoms with van der Waals surface area (Å²) in [4.78, 5) is 0. The topological polar surface area (TPSA) is 43.6 Å². The smallest absolute Gasteiger partial charge is 0.206 e. The second kappa shape index (κ2) is 3.71. The van der Waals surface area contributed by atoms with Crippen molar-refractivity contribution in [2.24, 2.45) is 0 Å². The van der Waals surface area contributed by atoms with Gasteiger partial charge >= 0.3 is 0 Å². The Morgan fingerprint density at radius 3 is 2.82 bits per heavy atom. The lowest BCUT2D eigenvalue weighted by atomic mass is 10.2. The molecule has 0 aliphatic heterocycles. The van der Waals surface area contributed by atoms with Crippen molar-refractivity contribution in [3.63, 3.8) is 0 Å². The number of tetrazole rings is 1. The molecule has 0 saturated carbocycles. The lowest BCUT2D eigenvalue weighted by Gasteiger charge is -2.08. The van der Waals surface area contributed by atoms with Crippen molar-refractivity contribution in [3.8, 4) is 0 Å². The summed E-state index contributed by atoms with van der Waals surface area (Å²) in [5, 5.41) is 11.6. The van der Waals surface area contributed by atoms with Crippen LogP contribution < -0.4 is 0 Å². The highest BCUT2D eigenvalue weighted by atomic mass is 32.1. The molecule has 1 aromatic rings. The maximum atomic E-state index is 4.11. The Hall–Kier alpha value is -0.580. The van der Waals surface area contributed by atoms with Gasteiger partial charge < -0.3 is 0 Å². The summed E-state index contributed by atoms with van der Waals surface area (Å²) < 4.78 is 1.73. The van der Waals surface area contributed by atoms with Crippen LogP contribution in [-0.4, -0.2) is 20.2 Å². The van der Waals surface area contributed by atoms with Gasteiger partial charge in [0.1, 0.15) is 0 Å². The molecule has 5 heteroatoms. The van der Waals surface area contributed by atoms with Gasteiger partial charge in [0.05, 0.1) is 6.04 Å². The molecule has 0 radical (unpaired) electrons. The molecule has 0 aliphatic rings. The molecule has 0 aliphatic carbocycles. The highest BCUT2D eigenvalue weighted by Crippen LogP contribution is 2.13. The third-order valence-corrected chi connectivity index (χ3v) is 1.89. The molecule has 1 aromatic heterocycles. The molecular weight excluding hydrogens is 160 g/mol. The minimum Gasteiger partial charge on any atom is -0.218 e. The molecule has 1 rings (SSSR count). The Morgan fingerprint density at radius 2 is 2.36 bits per heavy atom. The summed E-state index contributed by atoms with van der Waals surface area (Å²) in [6.07, 6.45) is 2.22. The quantitative estimate of drug-likeness (QED) is 0.699. The third-order valence-electron chi connectivity index (χ3n) is 1.60. The van der Waals surface area contributed by atoms with Gasteiger partial charge in [-0.2, -0.15) is 0 Å². The Bertz CT molecular complexity index is 222. The van der Waals surface area contributed by atoms with Crippen molar-refractivity contribution in [2.75, 3.05) is 0 Å². The summed E-state index contributed by atoms with van der Waals surface area (Å²) in [5.74, 6) is 0. The minimum absolute atomic E-state index is 0.350. The minimum atomic E-state index is 0.350. The van der Waals surface area contributed by atoms with Crippen LogP contribution in [0.3, 0.4) is 0 Å². The lowest BCUT2D eigenvalue weighted by molar-refractivity contribution is 0.415. The Balaban J connectivity index is 2.67. The van der Waals surface area contributed by atoms with E-state index in [2.05, 4.69) is 42.0 Å². The highest BCUT2D eigenvalue weighted by molar-refractivity contribution is 7.80. The zero-order valence-electron chi connectivity index (χ0n) is 6.73. The van der Waals surface area contributed by atoms with Gasteiger partial charge in [-0.05, 0) is 23.8 Å². The van der Waals surface area contributed by atoms with E-state index in [0.717, 1.165) is 12.8 Å². The summed E-state index contributed by atoms with van der Waals surface area (Å²) in [5.41, 5.74) is 0. The average Bonchev–Trinajstić information content (AvgIpc) is 2.36. The molecular formula is C6H12N4S. The van der Waals surface area contributed by atoms with Crippen LogP contribution in [0.2, 0.25) is 0 Å². The largest absolute Gasteiger partial charge is 0.218 e. The maximum Gasteiger partial charge on any atom is 0.206 e. The SMILES string of the molecule is CCCC(C)n1nnnc1S. The first-order chi connectivity index (χ1) is 5.25. The van der Waals surface area contributed by atoms with Crippen LogP contribution >= 0.6 is 12.6 Å². The van der Waals surface area contributed by atoms with Gasteiger partial charge in [-0.25, -0.2) is 4.68 Å². The molecule has 0 saturated heterocycles. The van der Waals surface area contributed by atoms with Crippen molar-refractivity contribution in [1.29, 1.82) is 0 Å². The number of rotatable bonds is 3. The van der Waals surface area contributed by atoms with E-state index in [-0.39, 0.29) is 0 Å². The van der Waals surface area contributed by atoms with Gasteiger partial charge in [0.2, 0.25) is 5.16 Å². The van der Waals surface area contributed by atoms with E-state index in [0.29, 0.717) is 11.2 Å². The van der Waals surface area contributed by atoms with Crippen molar-refractivity contribution in [3.05, 3.63) is 0 Å². The fourth-order valence-corrected chi connectivity index (χ4v) is 1.29. The van der Waals surface area contributed by atoms with Gasteiger partial charge in [0.25, 0.3) is 0 Å². The summed E-state index contributed by atoms with van der Waals surface area (Å²) in [6, 6.07) is 0.350. The van der Waals surface area contributed by atoms with Crippen LogP contribution in [0.25, 0.3) is 0 Å². The van der Waals surface area contributed by atoms with Crippen molar-refractivity contribution < 1.29 is 0 Å². The first kappa shape index (κ1) is 8.52. The molecule has 0 aromatic carbocycles. The maximum absolute atomic E-state index is 4.11. The van der Waals surface area contributed by atoms with E-state index in [1.165, 1.54) is 0 Å². The predicted molar refractivity (Wildman–Crippen MR) is 44.7 cm³/mol. The Morgan fingerprint density at radius 1 is 1.64 bits per heavy atom. The fourth-order valence-electron chi connectivity index (χ4n) is 1.01. The predicted octanol–water partition coefficient (Wildman–Crippen LogP) is 1.32. The zero-order valence-corrected chi connectivity index (χ0v) is 7.62. The van der Waals surface area contributed by atoms with Crippen molar-refractivity contribution in [1.82, 2.24) is 20.2 Å². The fraction of sp³-hybridized carbons (Fsp3) is 0.833. The highest BCUT2D eigenvalue weighted by Gasteiger charge is 2.07. The van der Waals surface area contributed by atoms with Crippen LogP contribution in [0.1, 0.15) is 32.7 Å². The van der Waals surface area contributed by atoms with E-state index in [1.807, 2.05) is 0 Å². The molecule has 1 heterocycles. The molecule has 0 fully saturated rings. The molecule has 0 spiro atoms. The van der Waals surface area contributed by atoms with Crippen LogP contribution in [0.5, 0.6) is 0 Å². The van der Waals surface area contributed by atoms with E-state index in [4.69, 9.17) is 0 Å². The molecule has 0 bridgehead atoms. The summed E-state index contributed by atoms with van der Waals surface area (Å²) in [6.45, 7) is 4.22.